The second-order valence-electron chi connectivity index (χ2n) is 6.93. The van der Waals surface area contributed by atoms with Gasteiger partial charge in [0.2, 0.25) is 11.8 Å². The van der Waals surface area contributed by atoms with Crippen molar-refractivity contribution in [3.8, 4) is 5.75 Å². The number of nitrogens with zero attached hydrogens (tertiary/aromatic N) is 2. The van der Waals surface area contributed by atoms with Gasteiger partial charge in [0.05, 0.1) is 18.5 Å². The molecule has 3 rings (SSSR count). The molecule has 1 atom stereocenters. The van der Waals surface area contributed by atoms with E-state index in [4.69, 9.17) is 9.73 Å². The summed E-state index contributed by atoms with van der Waals surface area (Å²) < 4.78 is 5.27. The van der Waals surface area contributed by atoms with E-state index in [0.717, 1.165) is 16.8 Å². The molecule has 0 bridgehead atoms. The fourth-order valence-corrected chi connectivity index (χ4v) is 4.37. The van der Waals surface area contributed by atoms with E-state index >= 15 is 0 Å². The van der Waals surface area contributed by atoms with E-state index < -0.39 is 5.25 Å². The number of aryl methyl sites for hydroxylation is 2. The first-order chi connectivity index (χ1) is 14.4. The maximum Gasteiger partial charge on any atom is 0.242 e. The summed E-state index contributed by atoms with van der Waals surface area (Å²) >= 11 is 1.31. The van der Waals surface area contributed by atoms with Crippen LogP contribution < -0.4 is 10.1 Å². The van der Waals surface area contributed by atoms with Crippen LogP contribution >= 0.6 is 11.8 Å². The van der Waals surface area contributed by atoms with Gasteiger partial charge in [-0.05, 0) is 37.1 Å². The minimum Gasteiger partial charge on any atom is -0.495 e. The van der Waals surface area contributed by atoms with Crippen molar-refractivity contribution in [1.82, 2.24) is 4.90 Å². The Labute approximate surface area is 181 Å². The number of thioether (sulfide) groups is 1. The van der Waals surface area contributed by atoms with Crippen molar-refractivity contribution in [2.75, 3.05) is 19.0 Å². The Kier molecular flexibility index (Phi) is 6.95. The molecule has 2 aromatic rings. The van der Waals surface area contributed by atoms with Gasteiger partial charge in [-0.2, -0.15) is 0 Å². The summed E-state index contributed by atoms with van der Waals surface area (Å²) in [4.78, 5) is 31.9. The molecule has 0 radical (unpaired) electrons. The molecule has 1 aliphatic rings. The van der Waals surface area contributed by atoms with Gasteiger partial charge in [-0.25, -0.2) is 4.99 Å². The van der Waals surface area contributed by atoms with Crippen LogP contribution in [-0.2, 0) is 9.59 Å². The number of benzene rings is 2. The van der Waals surface area contributed by atoms with Crippen LogP contribution in [0.4, 0.5) is 11.4 Å². The zero-order chi connectivity index (χ0) is 21.7. The predicted octanol–water partition coefficient (Wildman–Crippen LogP) is 4.46. The number of methoxy groups -OCH3 is 1. The highest BCUT2D eigenvalue weighted by Crippen LogP contribution is 2.34. The van der Waals surface area contributed by atoms with Crippen LogP contribution in [0, 0.1) is 13.8 Å². The quantitative estimate of drug-likeness (QED) is 0.668. The van der Waals surface area contributed by atoms with Crippen molar-refractivity contribution >= 4 is 40.1 Å². The molecule has 156 valence electrons. The Morgan fingerprint density at radius 2 is 1.93 bits per heavy atom. The Bertz CT molecular complexity index is 983. The SMILES string of the molecule is C=CCN1C(=O)[C@@H](CC(=O)Nc2ccccc2OC)SC1=Nc1c(C)cccc1C. The summed E-state index contributed by atoms with van der Waals surface area (Å²) in [6.07, 6.45) is 1.71. The average Bonchev–Trinajstić information content (AvgIpc) is 3.00. The Hall–Kier alpha value is -3.06. The highest BCUT2D eigenvalue weighted by molar-refractivity contribution is 8.15. The van der Waals surface area contributed by atoms with E-state index in [2.05, 4.69) is 11.9 Å². The number of amidine groups is 1. The summed E-state index contributed by atoms with van der Waals surface area (Å²) in [6.45, 7) is 8.07. The van der Waals surface area contributed by atoms with Gasteiger partial charge in [0.1, 0.15) is 11.0 Å². The normalized spacial score (nSPS) is 17.3. The zero-order valence-electron chi connectivity index (χ0n) is 17.3. The van der Waals surface area contributed by atoms with Gasteiger partial charge >= 0.3 is 0 Å². The Balaban J connectivity index is 1.79. The molecule has 0 unspecified atom stereocenters. The lowest BCUT2D eigenvalue weighted by Gasteiger charge is -2.15. The van der Waals surface area contributed by atoms with Crippen LogP contribution in [0.3, 0.4) is 0 Å². The predicted molar refractivity (Wildman–Crippen MR) is 123 cm³/mol. The molecule has 1 aliphatic heterocycles. The van der Waals surface area contributed by atoms with Crippen LogP contribution in [0.2, 0.25) is 0 Å². The van der Waals surface area contributed by atoms with Crippen LogP contribution in [0.5, 0.6) is 5.75 Å². The van der Waals surface area contributed by atoms with E-state index in [-0.39, 0.29) is 18.2 Å². The van der Waals surface area contributed by atoms with Gasteiger partial charge in [0, 0.05) is 13.0 Å². The summed E-state index contributed by atoms with van der Waals surface area (Å²) in [6, 6.07) is 13.1. The molecule has 0 spiro atoms. The summed E-state index contributed by atoms with van der Waals surface area (Å²) in [5.41, 5.74) is 3.49. The van der Waals surface area contributed by atoms with Gasteiger partial charge in [-0.15, -0.1) is 6.58 Å². The standard InChI is InChI=1S/C23H25N3O3S/c1-5-13-26-22(28)19(14-20(27)24-17-11-6-7-12-18(17)29-4)30-23(26)25-21-15(2)9-8-10-16(21)3/h5-12,19H,1,13-14H2,2-4H3,(H,24,27)/t19-/m1/s1. The molecule has 1 saturated heterocycles. The third-order valence-electron chi connectivity index (χ3n) is 4.73. The molecule has 2 amide bonds. The number of anilines is 1. The largest absolute Gasteiger partial charge is 0.495 e. The topological polar surface area (TPSA) is 71.0 Å². The number of amides is 2. The number of carbonyl (C=O) groups excluding carboxylic acids is 2. The minimum absolute atomic E-state index is 0.0426. The van der Waals surface area contributed by atoms with Crippen molar-refractivity contribution in [1.29, 1.82) is 0 Å². The van der Waals surface area contributed by atoms with E-state index in [9.17, 15) is 9.59 Å². The van der Waals surface area contributed by atoms with E-state index in [1.165, 1.54) is 11.8 Å². The molecule has 1 heterocycles. The molecular formula is C23H25N3O3S. The van der Waals surface area contributed by atoms with E-state index in [0.29, 0.717) is 23.1 Å². The van der Waals surface area contributed by atoms with Crippen molar-refractivity contribution in [2.45, 2.75) is 25.5 Å². The average molecular weight is 424 g/mol. The summed E-state index contributed by atoms with van der Waals surface area (Å²) in [7, 11) is 1.55. The van der Waals surface area contributed by atoms with E-state index in [1.807, 2.05) is 44.2 Å². The van der Waals surface area contributed by atoms with Crippen LogP contribution in [0.25, 0.3) is 0 Å². The van der Waals surface area contributed by atoms with Crippen molar-refractivity contribution in [3.63, 3.8) is 0 Å². The van der Waals surface area contributed by atoms with Gasteiger partial charge in [0.15, 0.2) is 5.17 Å². The second kappa shape index (κ2) is 9.63. The number of nitrogens with one attached hydrogen (secondary N) is 1. The Morgan fingerprint density at radius 1 is 1.23 bits per heavy atom. The monoisotopic (exact) mass is 423 g/mol. The first-order valence-corrected chi connectivity index (χ1v) is 10.5. The second-order valence-corrected chi connectivity index (χ2v) is 8.10. The molecular weight excluding hydrogens is 398 g/mol. The number of rotatable bonds is 7. The number of hydrogen-bond donors (Lipinski definition) is 1. The molecule has 30 heavy (non-hydrogen) atoms. The molecule has 0 aromatic heterocycles. The molecule has 1 N–H and O–H groups in total. The third kappa shape index (κ3) is 4.74. The lowest BCUT2D eigenvalue weighted by Crippen LogP contribution is -2.33. The van der Waals surface area contributed by atoms with Gasteiger partial charge < -0.3 is 10.1 Å². The summed E-state index contributed by atoms with van der Waals surface area (Å²) in [5, 5.41) is 2.88. The lowest BCUT2D eigenvalue weighted by molar-refractivity contribution is -0.127. The smallest absolute Gasteiger partial charge is 0.242 e. The molecule has 6 nitrogen and oxygen atoms in total. The third-order valence-corrected chi connectivity index (χ3v) is 5.91. The number of para-hydroxylation sites is 3. The molecule has 7 heteroatoms. The number of ether oxygens (including phenoxy) is 1. The fourth-order valence-electron chi connectivity index (χ4n) is 3.22. The molecule has 0 aliphatic carbocycles. The Morgan fingerprint density at radius 3 is 2.60 bits per heavy atom. The lowest BCUT2D eigenvalue weighted by atomic mass is 10.1. The zero-order valence-corrected chi connectivity index (χ0v) is 18.2. The molecule has 0 saturated carbocycles. The fraction of sp³-hybridized carbons (Fsp3) is 0.261. The first kappa shape index (κ1) is 21.6. The van der Waals surface area contributed by atoms with E-state index in [1.54, 1.807) is 30.2 Å². The molecule has 1 fully saturated rings. The number of aliphatic imine (C=N–C) groups is 1. The van der Waals surface area contributed by atoms with Gasteiger partial charge in [0.25, 0.3) is 0 Å². The van der Waals surface area contributed by atoms with Crippen molar-refractivity contribution in [3.05, 3.63) is 66.2 Å². The van der Waals surface area contributed by atoms with Crippen LogP contribution in [0.15, 0.2) is 60.1 Å². The number of hydrogen-bond acceptors (Lipinski definition) is 5. The van der Waals surface area contributed by atoms with Crippen LogP contribution in [-0.4, -0.2) is 40.8 Å². The molecule has 2 aromatic carbocycles. The highest BCUT2D eigenvalue weighted by Gasteiger charge is 2.38. The summed E-state index contributed by atoms with van der Waals surface area (Å²) in [5.74, 6) is 0.180. The maximum atomic E-state index is 12.9. The maximum absolute atomic E-state index is 12.9. The highest BCUT2D eigenvalue weighted by atomic mass is 32.2. The van der Waals surface area contributed by atoms with Crippen LogP contribution in [0.1, 0.15) is 17.5 Å². The van der Waals surface area contributed by atoms with Crippen molar-refractivity contribution < 1.29 is 14.3 Å². The first-order valence-electron chi connectivity index (χ1n) is 9.61. The van der Waals surface area contributed by atoms with Gasteiger partial charge in [-0.3, -0.25) is 14.5 Å². The number of carbonyl (C=O) groups is 2. The van der Waals surface area contributed by atoms with Crippen molar-refractivity contribution in [2.24, 2.45) is 4.99 Å². The van der Waals surface area contributed by atoms with Gasteiger partial charge in [-0.1, -0.05) is 48.2 Å². The minimum atomic E-state index is -0.539.